The van der Waals surface area contributed by atoms with Crippen LogP contribution in [0, 0.1) is 5.92 Å². The van der Waals surface area contributed by atoms with E-state index < -0.39 is 10.0 Å². The Morgan fingerprint density at radius 2 is 2.19 bits per heavy atom. The van der Waals surface area contributed by atoms with Crippen LogP contribution < -0.4 is 0 Å². The number of hydrogen-bond acceptors (Lipinski definition) is 4. The molecule has 0 bridgehead atoms. The third-order valence-corrected chi connectivity index (χ3v) is 5.93. The third kappa shape index (κ3) is 4.05. The molecule has 120 valence electrons. The van der Waals surface area contributed by atoms with Crippen molar-refractivity contribution in [3.63, 3.8) is 0 Å². The highest BCUT2D eigenvalue weighted by molar-refractivity contribution is 7.89. The van der Waals surface area contributed by atoms with Crippen molar-refractivity contribution in [1.29, 1.82) is 0 Å². The van der Waals surface area contributed by atoms with E-state index in [-0.39, 0.29) is 11.5 Å². The van der Waals surface area contributed by atoms with E-state index in [0.29, 0.717) is 25.6 Å². The summed E-state index contributed by atoms with van der Waals surface area (Å²) in [6, 6.07) is 0. The molecular weight excluding hydrogens is 290 g/mol. The molecule has 2 rings (SSSR count). The average molecular weight is 315 g/mol. The van der Waals surface area contributed by atoms with Crippen molar-refractivity contribution in [3.8, 4) is 0 Å². The number of aromatic nitrogens is 2. The molecule has 1 aromatic heterocycles. The maximum Gasteiger partial charge on any atom is 0.246 e. The number of aliphatic hydroxyl groups excluding tert-OH is 1. The van der Waals surface area contributed by atoms with Gasteiger partial charge in [0.2, 0.25) is 10.0 Å². The van der Waals surface area contributed by atoms with Crippen LogP contribution in [0.4, 0.5) is 0 Å². The monoisotopic (exact) mass is 315 g/mol. The van der Waals surface area contributed by atoms with Gasteiger partial charge in [0.15, 0.2) is 0 Å². The van der Waals surface area contributed by atoms with Gasteiger partial charge in [0.05, 0.1) is 19.3 Å². The summed E-state index contributed by atoms with van der Waals surface area (Å²) < 4.78 is 28.3. The summed E-state index contributed by atoms with van der Waals surface area (Å²) in [4.78, 5) is 0.227. The van der Waals surface area contributed by atoms with Gasteiger partial charge in [0, 0.05) is 19.3 Å². The first-order valence-corrected chi connectivity index (χ1v) is 9.15. The van der Waals surface area contributed by atoms with E-state index in [1.54, 1.807) is 4.31 Å². The van der Waals surface area contributed by atoms with Gasteiger partial charge in [-0.25, -0.2) is 8.42 Å². The number of sulfonamides is 1. The fraction of sp³-hybridized carbons (Fsp3) is 0.786. The predicted octanol–water partition coefficient (Wildman–Crippen LogP) is 1.47. The van der Waals surface area contributed by atoms with Crippen LogP contribution in [-0.4, -0.2) is 47.3 Å². The molecule has 1 atom stereocenters. The highest BCUT2D eigenvalue weighted by atomic mass is 32.2. The van der Waals surface area contributed by atoms with Gasteiger partial charge in [-0.1, -0.05) is 19.8 Å². The zero-order chi connectivity index (χ0) is 15.3. The largest absolute Gasteiger partial charge is 0.394 e. The fourth-order valence-electron chi connectivity index (χ4n) is 2.93. The first-order chi connectivity index (χ1) is 10.1. The van der Waals surface area contributed by atoms with Crippen LogP contribution in [-0.2, 0) is 16.6 Å². The van der Waals surface area contributed by atoms with Gasteiger partial charge in [-0.2, -0.15) is 9.40 Å². The minimum absolute atomic E-state index is 0.0520. The number of aliphatic hydroxyl groups is 1. The third-order valence-electron chi connectivity index (χ3n) is 4.08. The maximum absolute atomic E-state index is 12.6. The molecule has 0 aliphatic carbocycles. The Balaban J connectivity index is 2.07. The average Bonchev–Trinajstić information content (AvgIpc) is 2.79. The molecular formula is C14H25N3O3S. The SMILES string of the molecule is CCCC1CCCN(S(=O)(=O)c2cnn(CCO)c2)CC1. The van der Waals surface area contributed by atoms with E-state index in [9.17, 15) is 8.42 Å². The van der Waals surface area contributed by atoms with Crippen molar-refractivity contribution in [1.82, 2.24) is 14.1 Å². The molecule has 0 spiro atoms. The summed E-state index contributed by atoms with van der Waals surface area (Å²) >= 11 is 0. The van der Waals surface area contributed by atoms with E-state index in [2.05, 4.69) is 12.0 Å². The van der Waals surface area contributed by atoms with Gasteiger partial charge in [-0.15, -0.1) is 0 Å². The highest BCUT2D eigenvalue weighted by Gasteiger charge is 2.28. The van der Waals surface area contributed by atoms with Crippen LogP contribution in [0.25, 0.3) is 0 Å². The topological polar surface area (TPSA) is 75.4 Å². The van der Waals surface area contributed by atoms with Crippen LogP contribution in [0.3, 0.4) is 0 Å². The van der Waals surface area contributed by atoms with Crippen molar-refractivity contribution < 1.29 is 13.5 Å². The Labute approximate surface area is 126 Å². The van der Waals surface area contributed by atoms with Crippen LogP contribution in [0.15, 0.2) is 17.3 Å². The molecule has 1 fully saturated rings. The Bertz CT molecular complexity index is 541. The van der Waals surface area contributed by atoms with Crippen LogP contribution >= 0.6 is 0 Å². The number of rotatable bonds is 6. The lowest BCUT2D eigenvalue weighted by Crippen LogP contribution is -2.32. The first kappa shape index (κ1) is 16.5. The standard InChI is InChI=1S/C14H25N3O3S/c1-2-4-13-5-3-7-17(8-6-13)21(19,20)14-11-15-16(12-14)9-10-18/h11-13,18H,2-10H2,1H3. The molecule has 1 saturated heterocycles. The van der Waals surface area contributed by atoms with Crippen LogP contribution in [0.2, 0.25) is 0 Å². The lowest BCUT2D eigenvalue weighted by Gasteiger charge is -2.19. The van der Waals surface area contributed by atoms with Crippen molar-refractivity contribution in [2.45, 2.75) is 50.5 Å². The van der Waals surface area contributed by atoms with Crippen molar-refractivity contribution in [2.24, 2.45) is 5.92 Å². The normalized spacial score (nSPS) is 21.3. The molecule has 1 N–H and O–H groups in total. The van der Waals surface area contributed by atoms with Crippen LogP contribution in [0.1, 0.15) is 39.0 Å². The van der Waals surface area contributed by atoms with Gasteiger partial charge < -0.3 is 5.11 Å². The number of hydrogen-bond donors (Lipinski definition) is 1. The summed E-state index contributed by atoms with van der Waals surface area (Å²) in [5.41, 5.74) is 0. The molecule has 0 radical (unpaired) electrons. The van der Waals surface area contributed by atoms with E-state index >= 15 is 0 Å². The molecule has 1 aliphatic rings. The summed E-state index contributed by atoms with van der Waals surface area (Å²) in [5, 5.41) is 12.9. The van der Waals surface area contributed by atoms with Gasteiger partial charge in [-0.05, 0) is 25.2 Å². The minimum atomic E-state index is -3.45. The summed E-state index contributed by atoms with van der Waals surface area (Å²) in [7, 11) is -3.45. The lowest BCUT2D eigenvalue weighted by molar-refractivity contribution is 0.269. The molecule has 7 heteroatoms. The summed E-state index contributed by atoms with van der Waals surface area (Å²) in [5.74, 6) is 0.646. The second kappa shape index (κ2) is 7.38. The molecule has 0 saturated carbocycles. The molecule has 1 unspecified atom stereocenters. The zero-order valence-corrected chi connectivity index (χ0v) is 13.4. The quantitative estimate of drug-likeness (QED) is 0.862. The van der Waals surface area contributed by atoms with Crippen molar-refractivity contribution in [2.75, 3.05) is 19.7 Å². The van der Waals surface area contributed by atoms with E-state index in [0.717, 1.165) is 25.7 Å². The van der Waals surface area contributed by atoms with E-state index in [1.807, 2.05) is 0 Å². The van der Waals surface area contributed by atoms with Gasteiger partial charge >= 0.3 is 0 Å². The predicted molar refractivity (Wildman–Crippen MR) is 80.3 cm³/mol. The van der Waals surface area contributed by atoms with E-state index in [4.69, 9.17) is 5.11 Å². The summed E-state index contributed by atoms with van der Waals surface area (Å²) in [6.45, 7) is 3.62. The van der Waals surface area contributed by atoms with Crippen molar-refractivity contribution in [3.05, 3.63) is 12.4 Å². The first-order valence-electron chi connectivity index (χ1n) is 7.71. The molecule has 2 heterocycles. The van der Waals surface area contributed by atoms with Crippen LogP contribution in [0.5, 0.6) is 0 Å². The molecule has 21 heavy (non-hydrogen) atoms. The molecule has 1 aliphatic heterocycles. The van der Waals surface area contributed by atoms with Gasteiger partial charge in [0.1, 0.15) is 4.90 Å². The second-order valence-corrected chi connectivity index (χ2v) is 7.59. The minimum Gasteiger partial charge on any atom is -0.394 e. The highest BCUT2D eigenvalue weighted by Crippen LogP contribution is 2.25. The Kier molecular flexibility index (Phi) is 5.78. The second-order valence-electron chi connectivity index (χ2n) is 5.65. The lowest BCUT2D eigenvalue weighted by atomic mass is 9.96. The van der Waals surface area contributed by atoms with Gasteiger partial charge in [-0.3, -0.25) is 4.68 Å². The van der Waals surface area contributed by atoms with E-state index in [1.165, 1.54) is 23.5 Å². The Hall–Kier alpha value is -0.920. The van der Waals surface area contributed by atoms with Crippen molar-refractivity contribution >= 4 is 10.0 Å². The molecule has 0 aromatic carbocycles. The van der Waals surface area contributed by atoms with Gasteiger partial charge in [0.25, 0.3) is 0 Å². The smallest absolute Gasteiger partial charge is 0.246 e. The summed E-state index contributed by atoms with van der Waals surface area (Å²) in [6.07, 6.45) is 8.20. The molecule has 6 nitrogen and oxygen atoms in total. The molecule has 1 aromatic rings. The fourth-order valence-corrected chi connectivity index (χ4v) is 4.38. The maximum atomic E-state index is 12.6. The Morgan fingerprint density at radius 3 is 2.90 bits per heavy atom. The Morgan fingerprint density at radius 1 is 1.38 bits per heavy atom. The molecule has 0 amide bonds. The zero-order valence-electron chi connectivity index (χ0n) is 12.6. The number of nitrogens with zero attached hydrogens (tertiary/aromatic N) is 3.